The zero-order valence-electron chi connectivity index (χ0n) is 12.3. The van der Waals surface area contributed by atoms with E-state index in [2.05, 4.69) is 16.3 Å². The number of fused-ring (bicyclic) bond motifs is 1. The minimum Gasteiger partial charge on any atom is -0.420 e. The molecule has 0 fully saturated rings. The van der Waals surface area contributed by atoms with E-state index in [4.69, 9.17) is 22.1 Å². The van der Waals surface area contributed by atoms with Crippen LogP contribution in [0.25, 0.3) is 11.3 Å². The summed E-state index contributed by atoms with van der Waals surface area (Å²) >= 11 is 7.51. The number of halogens is 1. The largest absolute Gasteiger partial charge is 0.420 e. The SMILES string of the molecule is N#CC1=C(N)Oc2n[nH]c(-c3ccccc3)c2[C@H]1c1ccc(Cl)s1. The van der Waals surface area contributed by atoms with Crippen LogP contribution in [0.5, 0.6) is 5.88 Å². The van der Waals surface area contributed by atoms with Gasteiger partial charge in [0.25, 0.3) is 0 Å². The number of aromatic nitrogens is 2. The maximum absolute atomic E-state index is 9.60. The van der Waals surface area contributed by atoms with Crippen molar-refractivity contribution < 1.29 is 4.74 Å². The van der Waals surface area contributed by atoms with Gasteiger partial charge in [-0.05, 0) is 17.7 Å². The van der Waals surface area contributed by atoms with Gasteiger partial charge in [0.05, 0.1) is 21.5 Å². The van der Waals surface area contributed by atoms with Gasteiger partial charge in [-0.25, -0.2) is 0 Å². The summed E-state index contributed by atoms with van der Waals surface area (Å²) < 4.78 is 6.21. The molecule has 24 heavy (non-hydrogen) atoms. The molecule has 5 nitrogen and oxygen atoms in total. The van der Waals surface area contributed by atoms with E-state index in [-0.39, 0.29) is 11.8 Å². The van der Waals surface area contributed by atoms with Gasteiger partial charge in [0.2, 0.25) is 11.8 Å². The quantitative estimate of drug-likeness (QED) is 0.727. The molecular formula is C17H11ClN4OS. The van der Waals surface area contributed by atoms with E-state index in [0.717, 1.165) is 21.7 Å². The minimum atomic E-state index is -0.356. The zero-order chi connectivity index (χ0) is 16.7. The standard InChI is InChI=1S/C17H11ClN4OS/c18-12-7-6-11(24-12)13-10(8-19)16(20)23-17-14(13)15(21-22-17)9-4-2-1-3-5-9/h1-7,13H,20H2,(H,21,22)/t13-/m1/s1. The Labute approximate surface area is 146 Å². The average Bonchev–Trinajstić information content (AvgIpc) is 3.20. The predicted molar refractivity (Wildman–Crippen MR) is 92.7 cm³/mol. The van der Waals surface area contributed by atoms with Gasteiger partial charge in [0.1, 0.15) is 11.6 Å². The highest BCUT2D eigenvalue weighted by Crippen LogP contribution is 2.47. The molecule has 0 saturated heterocycles. The summed E-state index contributed by atoms with van der Waals surface area (Å²) in [6, 6.07) is 15.7. The van der Waals surface area contributed by atoms with Crippen molar-refractivity contribution >= 4 is 22.9 Å². The van der Waals surface area contributed by atoms with Crippen LogP contribution in [0.15, 0.2) is 53.9 Å². The Bertz CT molecular complexity index is 984. The molecule has 1 atom stereocenters. The molecule has 118 valence electrons. The van der Waals surface area contributed by atoms with Crippen LogP contribution in [-0.2, 0) is 0 Å². The number of ether oxygens (including phenoxy) is 1. The molecule has 4 rings (SSSR count). The van der Waals surface area contributed by atoms with Crippen molar-refractivity contribution in [1.82, 2.24) is 10.2 Å². The third-order valence-corrected chi connectivity index (χ3v) is 5.18. The first kappa shape index (κ1) is 14.8. The molecule has 0 spiro atoms. The summed E-state index contributed by atoms with van der Waals surface area (Å²) in [7, 11) is 0. The van der Waals surface area contributed by atoms with Crippen molar-refractivity contribution in [1.29, 1.82) is 5.26 Å². The Morgan fingerprint density at radius 1 is 1.25 bits per heavy atom. The molecule has 0 unspecified atom stereocenters. The molecule has 0 bridgehead atoms. The van der Waals surface area contributed by atoms with Crippen LogP contribution in [0.2, 0.25) is 4.34 Å². The maximum atomic E-state index is 9.60. The second kappa shape index (κ2) is 5.71. The number of thiophene rings is 1. The molecule has 1 aliphatic heterocycles. The molecule has 3 N–H and O–H groups in total. The Morgan fingerprint density at radius 3 is 2.71 bits per heavy atom. The third kappa shape index (κ3) is 2.26. The van der Waals surface area contributed by atoms with Crippen LogP contribution in [0, 0.1) is 11.3 Å². The molecule has 3 heterocycles. The van der Waals surface area contributed by atoms with Crippen molar-refractivity contribution in [2.75, 3.05) is 0 Å². The van der Waals surface area contributed by atoms with Gasteiger partial charge in [-0.3, -0.25) is 5.10 Å². The van der Waals surface area contributed by atoms with E-state index in [1.807, 2.05) is 42.5 Å². The number of nitrogens with two attached hydrogens (primary N) is 1. The first-order valence-corrected chi connectivity index (χ1v) is 8.35. The van der Waals surface area contributed by atoms with Crippen LogP contribution >= 0.6 is 22.9 Å². The highest BCUT2D eigenvalue weighted by molar-refractivity contribution is 7.16. The van der Waals surface area contributed by atoms with Gasteiger partial charge in [0, 0.05) is 4.88 Å². The van der Waals surface area contributed by atoms with Crippen LogP contribution in [0.4, 0.5) is 0 Å². The van der Waals surface area contributed by atoms with E-state index in [0.29, 0.717) is 15.8 Å². The fraction of sp³-hybridized carbons (Fsp3) is 0.0588. The smallest absolute Gasteiger partial charge is 0.244 e. The molecule has 0 amide bonds. The zero-order valence-corrected chi connectivity index (χ0v) is 13.9. The summed E-state index contributed by atoms with van der Waals surface area (Å²) in [4.78, 5) is 0.919. The summed E-state index contributed by atoms with van der Waals surface area (Å²) in [6.45, 7) is 0. The number of allylic oxidation sites excluding steroid dienone is 1. The molecular weight excluding hydrogens is 344 g/mol. The number of benzene rings is 1. The number of hydrogen-bond acceptors (Lipinski definition) is 5. The fourth-order valence-corrected chi connectivity index (χ4v) is 4.02. The fourth-order valence-electron chi connectivity index (χ4n) is 2.84. The molecule has 3 aromatic rings. The molecule has 0 saturated carbocycles. The Balaban J connectivity index is 1.96. The minimum absolute atomic E-state index is 0.0747. The molecule has 0 radical (unpaired) electrons. The number of nitrogens with zero attached hydrogens (tertiary/aromatic N) is 2. The molecule has 7 heteroatoms. The summed E-state index contributed by atoms with van der Waals surface area (Å²) in [5, 5.41) is 16.8. The van der Waals surface area contributed by atoms with Crippen LogP contribution in [-0.4, -0.2) is 10.2 Å². The number of nitriles is 1. The average molecular weight is 355 g/mol. The van der Waals surface area contributed by atoms with Crippen molar-refractivity contribution in [3.8, 4) is 23.2 Å². The van der Waals surface area contributed by atoms with Crippen LogP contribution < -0.4 is 10.5 Å². The lowest BCUT2D eigenvalue weighted by Gasteiger charge is -2.22. The van der Waals surface area contributed by atoms with E-state index >= 15 is 0 Å². The van der Waals surface area contributed by atoms with Gasteiger partial charge in [-0.1, -0.05) is 41.9 Å². The molecule has 0 aliphatic carbocycles. The Kier molecular flexibility index (Phi) is 3.53. The van der Waals surface area contributed by atoms with Crippen molar-refractivity contribution in [3.63, 3.8) is 0 Å². The summed E-state index contributed by atoms with van der Waals surface area (Å²) in [5.74, 6) is 0.107. The van der Waals surface area contributed by atoms with Crippen molar-refractivity contribution in [3.05, 3.63) is 68.7 Å². The van der Waals surface area contributed by atoms with E-state index in [1.165, 1.54) is 11.3 Å². The number of aromatic amines is 1. The normalized spacial score (nSPS) is 16.4. The Hall–Kier alpha value is -2.75. The summed E-state index contributed by atoms with van der Waals surface area (Å²) in [5.41, 5.74) is 8.86. The second-order valence-corrected chi connectivity index (χ2v) is 7.00. The van der Waals surface area contributed by atoms with E-state index in [9.17, 15) is 5.26 Å². The topological polar surface area (TPSA) is 87.7 Å². The Morgan fingerprint density at radius 2 is 2.04 bits per heavy atom. The number of nitrogens with one attached hydrogen (secondary N) is 1. The lowest BCUT2D eigenvalue weighted by molar-refractivity contribution is 0.379. The third-order valence-electron chi connectivity index (χ3n) is 3.88. The second-order valence-electron chi connectivity index (χ2n) is 5.25. The van der Waals surface area contributed by atoms with Gasteiger partial charge < -0.3 is 10.5 Å². The van der Waals surface area contributed by atoms with Crippen LogP contribution in [0.1, 0.15) is 16.4 Å². The monoisotopic (exact) mass is 354 g/mol. The lowest BCUT2D eigenvalue weighted by atomic mass is 9.87. The van der Waals surface area contributed by atoms with Crippen molar-refractivity contribution in [2.24, 2.45) is 5.73 Å². The first-order chi connectivity index (χ1) is 11.7. The number of hydrogen-bond donors (Lipinski definition) is 2. The van der Waals surface area contributed by atoms with Gasteiger partial charge in [-0.15, -0.1) is 16.4 Å². The molecule has 2 aromatic heterocycles. The molecule has 1 aliphatic rings. The van der Waals surface area contributed by atoms with Crippen molar-refractivity contribution in [2.45, 2.75) is 5.92 Å². The lowest BCUT2D eigenvalue weighted by Crippen LogP contribution is -2.20. The van der Waals surface area contributed by atoms with Gasteiger partial charge in [-0.2, -0.15) is 5.26 Å². The highest BCUT2D eigenvalue weighted by atomic mass is 35.5. The first-order valence-electron chi connectivity index (χ1n) is 7.15. The van der Waals surface area contributed by atoms with Crippen LogP contribution in [0.3, 0.4) is 0 Å². The molecule has 1 aromatic carbocycles. The highest BCUT2D eigenvalue weighted by Gasteiger charge is 2.36. The van der Waals surface area contributed by atoms with E-state index in [1.54, 1.807) is 0 Å². The number of rotatable bonds is 2. The van der Waals surface area contributed by atoms with E-state index < -0.39 is 0 Å². The number of H-pyrrole nitrogens is 1. The predicted octanol–water partition coefficient (Wildman–Crippen LogP) is 4.01. The summed E-state index contributed by atoms with van der Waals surface area (Å²) in [6.07, 6.45) is 0. The maximum Gasteiger partial charge on any atom is 0.244 e. The van der Waals surface area contributed by atoms with Gasteiger partial charge >= 0.3 is 0 Å². The van der Waals surface area contributed by atoms with Gasteiger partial charge in [0.15, 0.2) is 0 Å².